The van der Waals surface area contributed by atoms with Gasteiger partial charge in [0.05, 0.1) is 11.3 Å². The van der Waals surface area contributed by atoms with Crippen LogP contribution < -0.4 is 0 Å². The van der Waals surface area contributed by atoms with Crippen molar-refractivity contribution in [3.63, 3.8) is 0 Å². The lowest BCUT2D eigenvalue weighted by molar-refractivity contribution is 0.0980. The summed E-state index contributed by atoms with van der Waals surface area (Å²) in [5.74, 6) is 0.212. The number of benzene rings is 2. The van der Waals surface area contributed by atoms with E-state index in [1.807, 2.05) is 26.8 Å². The summed E-state index contributed by atoms with van der Waals surface area (Å²) < 4.78 is 1.70. The van der Waals surface area contributed by atoms with Crippen molar-refractivity contribution < 1.29 is 14.7 Å². The number of Topliss-reactive ketones (excluding diaryl/α,β-unsaturated/α-hetero) is 1. The van der Waals surface area contributed by atoms with Crippen LogP contribution in [-0.2, 0) is 13.0 Å². The van der Waals surface area contributed by atoms with Crippen molar-refractivity contribution in [3.8, 4) is 5.88 Å². The van der Waals surface area contributed by atoms with Crippen LogP contribution in [0.25, 0.3) is 10.9 Å². The van der Waals surface area contributed by atoms with Crippen molar-refractivity contribution in [1.82, 2.24) is 25.0 Å². The van der Waals surface area contributed by atoms with Gasteiger partial charge < -0.3 is 10.1 Å². The smallest absolute Gasteiger partial charge is 0.198 e. The first-order chi connectivity index (χ1) is 17.8. The first kappa shape index (κ1) is 23.9. The molecule has 9 heteroatoms. The summed E-state index contributed by atoms with van der Waals surface area (Å²) in [4.78, 5) is 33.5. The molecule has 0 amide bonds. The summed E-state index contributed by atoms with van der Waals surface area (Å²) in [6.07, 6.45) is 1.69. The topological polar surface area (TPSA) is 129 Å². The number of aromatic amines is 2. The van der Waals surface area contributed by atoms with E-state index in [0.717, 1.165) is 17.0 Å². The van der Waals surface area contributed by atoms with E-state index in [9.17, 15) is 14.7 Å². The van der Waals surface area contributed by atoms with Crippen molar-refractivity contribution in [2.24, 2.45) is 4.99 Å². The molecule has 0 spiro atoms. The lowest BCUT2D eigenvalue weighted by atomic mass is 9.97. The molecule has 3 N–H and O–H groups in total. The van der Waals surface area contributed by atoms with Gasteiger partial charge in [0.25, 0.3) is 0 Å². The van der Waals surface area contributed by atoms with Gasteiger partial charge in [-0.3, -0.25) is 19.4 Å². The molecule has 0 unspecified atom stereocenters. The highest BCUT2D eigenvalue weighted by atomic mass is 16.3. The van der Waals surface area contributed by atoms with E-state index < -0.39 is 0 Å². The number of aryl methyl sites for hydroxylation is 3. The molecule has 3 aromatic heterocycles. The summed E-state index contributed by atoms with van der Waals surface area (Å²) in [6, 6.07) is 15.9. The SMILES string of the molecule is CCn1nc(C)cc1C(=O)Cc1cccc(C(=O)c2ccc3[nH]c(O)c(C=Nc4cc(C)[nH]n4)c3c2)c1. The maximum Gasteiger partial charge on any atom is 0.198 e. The molecular formula is C28H26N6O3. The summed E-state index contributed by atoms with van der Waals surface area (Å²) >= 11 is 0. The Morgan fingerprint density at radius 1 is 1.08 bits per heavy atom. The third kappa shape index (κ3) is 4.84. The molecule has 2 aromatic carbocycles. The molecule has 5 rings (SSSR count). The average molecular weight is 495 g/mol. The van der Waals surface area contributed by atoms with Crippen molar-refractivity contribution >= 4 is 34.5 Å². The highest BCUT2D eigenvalue weighted by Gasteiger charge is 2.17. The molecule has 0 saturated heterocycles. The molecular weight excluding hydrogens is 468 g/mol. The first-order valence-corrected chi connectivity index (χ1v) is 11.9. The monoisotopic (exact) mass is 494 g/mol. The van der Waals surface area contributed by atoms with Crippen LogP contribution >= 0.6 is 0 Å². The largest absolute Gasteiger partial charge is 0.494 e. The second-order valence-corrected chi connectivity index (χ2v) is 8.93. The number of nitrogens with one attached hydrogen (secondary N) is 2. The number of nitrogens with zero attached hydrogens (tertiary/aromatic N) is 4. The number of aromatic hydroxyl groups is 1. The van der Waals surface area contributed by atoms with Gasteiger partial charge in [-0.2, -0.15) is 10.2 Å². The van der Waals surface area contributed by atoms with E-state index in [-0.39, 0.29) is 23.9 Å². The second kappa shape index (κ2) is 9.69. The number of carbonyl (C=O) groups excluding carboxylic acids is 2. The Morgan fingerprint density at radius 3 is 2.65 bits per heavy atom. The van der Waals surface area contributed by atoms with E-state index in [1.54, 1.807) is 53.2 Å². The fourth-order valence-corrected chi connectivity index (χ4v) is 4.35. The predicted octanol–water partition coefficient (Wildman–Crippen LogP) is 4.84. The van der Waals surface area contributed by atoms with Crippen LogP contribution in [0.15, 0.2) is 59.6 Å². The molecule has 0 saturated carbocycles. The molecule has 0 radical (unpaired) electrons. The van der Waals surface area contributed by atoms with Crippen LogP contribution in [0.4, 0.5) is 5.82 Å². The number of hydrogen-bond donors (Lipinski definition) is 3. The lowest BCUT2D eigenvalue weighted by Crippen LogP contribution is -2.12. The number of fused-ring (bicyclic) bond motifs is 1. The molecule has 9 nitrogen and oxygen atoms in total. The minimum absolute atomic E-state index is 0.0438. The fraction of sp³-hybridized carbons (Fsp3) is 0.179. The highest BCUT2D eigenvalue weighted by molar-refractivity contribution is 6.12. The predicted molar refractivity (Wildman–Crippen MR) is 141 cm³/mol. The van der Waals surface area contributed by atoms with Gasteiger partial charge in [-0.1, -0.05) is 18.2 Å². The van der Waals surface area contributed by atoms with Gasteiger partial charge in [-0.05, 0) is 56.7 Å². The third-order valence-corrected chi connectivity index (χ3v) is 6.14. The number of aliphatic imine (C=N–C) groups is 1. The molecule has 0 bridgehead atoms. The zero-order valence-electron chi connectivity index (χ0n) is 20.7. The molecule has 0 atom stereocenters. The summed E-state index contributed by atoms with van der Waals surface area (Å²) in [6.45, 7) is 6.29. The van der Waals surface area contributed by atoms with Crippen molar-refractivity contribution in [2.75, 3.05) is 0 Å². The molecule has 0 fully saturated rings. The average Bonchev–Trinajstić information content (AvgIpc) is 3.57. The molecule has 0 aliphatic rings. The Bertz CT molecular complexity index is 1670. The Kier molecular flexibility index (Phi) is 6.27. The lowest BCUT2D eigenvalue weighted by Gasteiger charge is -2.07. The standard InChI is InChI=1S/C28H26N6O3/c1-4-34-24(10-17(3)33-34)25(35)13-18-6-5-7-19(12-18)27(36)20-8-9-23-21(14-20)22(28(37)30-23)15-29-26-11-16(2)31-32-26/h5-12,14-15,30,37H,4,13H2,1-3H3,(H,31,32). The summed E-state index contributed by atoms with van der Waals surface area (Å²) in [5.41, 5.74) is 5.06. The number of aromatic nitrogens is 5. The fourth-order valence-electron chi connectivity index (χ4n) is 4.35. The van der Waals surface area contributed by atoms with E-state index in [4.69, 9.17) is 0 Å². The number of carbonyl (C=O) groups is 2. The number of ketones is 2. The maximum absolute atomic E-state index is 13.4. The Morgan fingerprint density at radius 2 is 1.89 bits per heavy atom. The van der Waals surface area contributed by atoms with Gasteiger partial charge in [0.15, 0.2) is 23.3 Å². The van der Waals surface area contributed by atoms with Crippen molar-refractivity contribution in [2.45, 2.75) is 33.7 Å². The number of H-pyrrole nitrogens is 2. The van der Waals surface area contributed by atoms with Crippen LogP contribution in [0.3, 0.4) is 0 Å². The molecule has 3 heterocycles. The van der Waals surface area contributed by atoms with Gasteiger partial charge in [0.2, 0.25) is 0 Å². The zero-order valence-corrected chi connectivity index (χ0v) is 20.7. The Labute approximate surface area is 212 Å². The van der Waals surface area contributed by atoms with Crippen molar-refractivity contribution in [3.05, 3.63) is 93.9 Å². The quantitative estimate of drug-likeness (QED) is 0.210. The van der Waals surface area contributed by atoms with E-state index in [0.29, 0.717) is 45.6 Å². The normalized spacial score (nSPS) is 11.5. The molecule has 37 heavy (non-hydrogen) atoms. The Hall–Kier alpha value is -4.79. The molecule has 5 aromatic rings. The van der Waals surface area contributed by atoms with E-state index in [1.165, 1.54) is 6.21 Å². The van der Waals surface area contributed by atoms with Gasteiger partial charge in [-0.15, -0.1) is 0 Å². The minimum atomic E-state index is -0.183. The van der Waals surface area contributed by atoms with Crippen molar-refractivity contribution in [1.29, 1.82) is 0 Å². The highest BCUT2D eigenvalue weighted by Crippen LogP contribution is 2.28. The maximum atomic E-state index is 13.4. The molecule has 0 aliphatic carbocycles. The van der Waals surface area contributed by atoms with E-state index in [2.05, 4.69) is 25.3 Å². The van der Waals surface area contributed by atoms with Crippen LogP contribution in [-0.4, -0.2) is 47.8 Å². The Balaban J connectivity index is 1.41. The number of rotatable bonds is 8. The summed E-state index contributed by atoms with van der Waals surface area (Å²) in [7, 11) is 0. The van der Waals surface area contributed by atoms with Crippen LogP contribution in [0.2, 0.25) is 0 Å². The number of hydrogen-bond acceptors (Lipinski definition) is 6. The third-order valence-electron chi connectivity index (χ3n) is 6.14. The first-order valence-electron chi connectivity index (χ1n) is 11.9. The molecule has 186 valence electrons. The van der Waals surface area contributed by atoms with E-state index >= 15 is 0 Å². The van der Waals surface area contributed by atoms with Crippen LogP contribution in [0.1, 0.15) is 55.8 Å². The van der Waals surface area contributed by atoms with Gasteiger partial charge >= 0.3 is 0 Å². The van der Waals surface area contributed by atoms with Gasteiger partial charge in [0.1, 0.15) is 5.69 Å². The van der Waals surface area contributed by atoms with Gasteiger partial charge in [0, 0.05) is 53.0 Å². The van der Waals surface area contributed by atoms with Crippen LogP contribution in [0.5, 0.6) is 5.88 Å². The van der Waals surface area contributed by atoms with Gasteiger partial charge in [-0.25, -0.2) is 4.99 Å². The summed E-state index contributed by atoms with van der Waals surface area (Å²) in [5, 5.41) is 22.3. The molecule has 0 aliphatic heterocycles. The second-order valence-electron chi connectivity index (χ2n) is 8.93. The minimum Gasteiger partial charge on any atom is -0.494 e. The zero-order chi connectivity index (χ0) is 26.1. The van der Waals surface area contributed by atoms with Crippen LogP contribution in [0, 0.1) is 13.8 Å².